The summed E-state index contributed by atoms with van der Waals surface area (Å²) in [5, 5.41) is 3.11. The number of fused-ring (bicyclic) bond motifs is 2. The van der Waals surface area contributed by atoms with Crippen LogP contribution in [0.3, 0.4) is 0 Å². The molecule has 0 unspecified atom stereocenters. The molecule has 2 aliphatic rings. The molecule has 3 atom stereocenters. The quantitative estimate of drug-likeness (QED) is 0.896. The first kappa shape index (κ1) is 13.5. The largest absolute Gasteiger partial charge is 0.496 e. The predicted molar refractivity (Wildman–Crippen MR) is 78.6 cm³/mol. The van der Waals surface area contributed by atoms with Crippen molar-refractivity contribution in [1.29, 1.82) is 0 Å². The minimum atomic E-state index is 0.270. The summed E-state index contributed by atoms with van der Waals surface area (Å²) < 4.78 is 5.33. The van der Waals surface area contributed by atoms with Crippen molar-refractivity contribution < 1.29 is 9.53 Å². The van der Waals surface area contributed by atoms with Crippen LogP contribution < -0.4 is 10.1 Å². The molecular weight excluding hydrogens is 250 g/mol. The second-order valence-electron chi connectivity index (χ2n) is 6.13. The summed E-state index contributed by atoms with van der Waals surface area (Å²) in [6, 6.07) is 8.00. The Bertz CT molecular complexity index is 486. The van der Waals surface area contributed by atoms with Crippen molar-refractivity contribution in [3.8, 4) is 5.75 Å². The molecule has 0 spiro atoms. The third-order valence-corrected chi connectivity index (χ3v) is 4.96. The van der Waals surface area contributed by atoms with E-state index in [-0.39, 0.29) is 11.8 Å². The minimum absolute atomic E-state index is 0.270. The Morgan fingerprint density at radius 3 is 2.85 bits per heavy atom. The third kappa shape index (κ3) is 2.67. The highest BCUT2D eigenvalue weighted by Gasteiger charge is 2.42. The molecule has 2 bridgehead atoms. The minimum Gasteiger partial charge on any atom is -0.496 e. The number of para-hydroxylation sites is 1. The fourth-order valence-corrected chi connectivity index (χ4v) is 3.93. The molecule has 0 aromatic heterocycles. The predicted octanol–water partition coefficient (Wildman–Crippen LogP) is 2.79. The van der Waals surface area contributed by atoms with Crippen LogP contribution >= 0.6 is 0 Å². The maximum Gasteiger partial charge on any atom is 0.223 e. The molecule has 1 aromatic rings. The van der Waals surface area contributed by atoms with Crippen molar-refractivity contribution >= 4 is 5.91 Å². The van der Waals surface area contributed by atoms with E-state index in [1.807, 2.05) is 18.2 Å². The Morgan fingerprint density at radius 1 is 1.30 bits per heavy atom. The Balaban J connectivity index is 1.49. The number of carbonyl (C=O) groups excluding carboxylic acids is 1. The molecule has 3 rings (SSSR count). The molecule has 20 heavy (non-hydrogen) atoms. The SMILES string of the molecule is COc1ccccc1CCNC(=O)[C@@H]1C[C@H]2CC[C@H]1C2. The van der Waals surface area contributed by atoms with Gasteiger partial charge in [0.15, 0.2) is 0 Å². The summed E-state index contributed by atoms with van der Waals surface area (Å²) in [6.45, 7) is 0.701. The van der Waals surface area contributed by atoms with Gasteiger partial charge in [0.25, 0.3) is 0 Å². The average molecular weight is 273 g/mol. The van der Waals surface area contributed by atoms with E-state index >= 15 is 0 Å². The lowest BCUT2D eigenvalue weighted by Gasteiger charge is -2.20. The van der Waals surface area contributed by atoms with E-state index in [2.05, 4.69) is 11.4 Å². The van der Waals surface area contributed by atoms with Crippen LogP contribution in [0.2, 0.25) is 0 Å². The number of hydrogen-bond donors (Lipinski definition) is 1. The molecule has 1 aromatic carbocycles. The molecule has 0 aliphatic heterocycles. The van der Waals surface area contributed by atoms with Crippen LogP contribution in [0.4, 0.5) is 0 Å². The van der Waals surface area contributed by atoms with Crippen molar-refractivity contribution in [3.05, 3.63) is 29.8 Å². The summed E-state index contributed by atoms with van der Waals surface area (Å²) in [5.41, 5.74) is 1.16. The molecule has 0 radical (unpaired) electrons. The number of ether oxygens (including phenoxy) is 1. The van der Waals surface area contributed by atoms with Gasteiger partial charge in [0.2, 0.25) is 5.91 Å². The lowest BCUT2D eigenvalue weighted by molar-refractivity contribution is -0.126. The number of benzene rings is 1. The standard InChI is InChI=1S/C17H23NO2/c1-20-16-5-3-2-4-13(16)8-9-18-17(19)15-11-12-6-7-14(15)10-12/h2-5,12,14-15H,6-11H2,1H3,(H,18,19)/t12-,14-,15+/m0/s1. The third-order valence-electron chi connectivity index (χ3n) is 4.96. The van der Waals surface area contributed by atoms with Gasteiger partial charge < -0.3 is 10.1 Å². The maximum atomic E-state index is 12.2. The van der Waals surface area contributed by atoms with Gasteiger partial charge in [0, 0.05) is 12.5 Å². The normalized spacial score (nSPS) is 27.6. The molecule has 0 heterocycles. The van der Waals surface area contributed by atoms with E-state index in [1.165, 1.54) is 19.3 Å². The molecule has 1 amide bonds. The zero-order chi connectivity index (χ0) is 13.9. The fraction of sp³-hybridized carbons (Fsp3) is 0.588. The number of hydrogen-bond acceptors (Lipinski definition) is 2. The number of methoxy groups -OCH3 is 1. The van der Waals surface area contributed by atoms with Gasteiger partial charge >= 0.3 is 0 Å². The molecular formula is C17H23NO2. The van der Waals surface area contributed by atoms with Crippen molar-refractivity contribution in [1.82, 2.24) is 5.32 Å². The Labute approximate surface area is 120 Å². The van der Waals surface area contributed by atoms with E-state index in [0.717, 1.165) is 30.1 Å². The number of nitrogens with one attached hydrogen (secondary N) is 1. The second kappa shape index (κ2) is 5.86. The van der Waals surface area contributed by atoms with E-state index in [0.29, 0.717) is 12.5 Å². The molecule has 108 valence electrons. The van der Waals surface area contributed by atoms with E-state index in [1.54, 1.807) is 7.11 Å². The molecule has 3 nitrogen and oxygen atoms in total. The smallest absolute Gasteiger partial charge is 0.223 e. The molecule has 2 fully saturated rings. The summed E-state index contributed by atoms with van der Waals surface area (Å²) in [6.07, 6.45) is 5.83. The molecule has 3 heteroatoms. The topological polar surface area (TPSA) is 38.3 Å². The van der Waals surface area contributed by atoms with Crippen LogP contribution in [0.15, 0.2) is 24.3 Å². The van der Waals surface area contributed by atoms with Gasteiger partial charge in [-0.15, -0.1) is 0 Å². The van der Waals surface area contributed by atoms with Crippen LogP contribution in [0, 0.1) is 17.8 Å². The van der Waals surface area contributed by atoms with Gasteiger partial charge in [0.05, 0.1) is 7.11 Å². The van der Waals surface area contributed by atoms with Crippen molar-refractivity contribution in [2.24, 2.45) is 17.8 Å². The van der Waals surface area contributed by atoms with Crippen molar-refractivity contribution in [2.45, 2.75) is 32.1 Å². The van der Waals surface area contributed by atoms with E-state index < -0.39 is 0 Å². The maximum absolute atomic E-state index is 12.2. The first-order chi connectivity index (χ1) is 9.78. The molecule has 2 aliphatic carbocycles. The second-order valence-corrected chi connectivity index (χ2v) is 6.13. The monoisotopic (exact) mass is 273 g/mol. The summed E-state index contributed by atoms with van der Waals surface area (Å²) in [5.74, 6) is 2.94. The van der Waals surface area contributed by atoms with Gasteiger partial charge in [0.1, 0.15) is 5.75 Å². The number of amides is 1. The highest BCUT2D eigenvalue weighted by atomic mass is 16.5. The van der Waals surface area contributed by atoms with Gasteiger partial charge in [-0.2, -0.15) is 0 Å². The zero-order valence-corrected chi connectivity index (χ0v) is 12.1. The Morgan fingerprint density at radius 2 is 2.15 bits per heavy atom. The van der Waals surface area contributed by atoms with Crippen LogP contribution in [0.1, 0.15) is 31.2 Å². The highest BCUT2D eigenvalue weighted by molar-refractivity contribution is 5.79. The highest BCUT2D eigenvalue weighted by Crippen LogP contribution is 2.48. The Hall–Kier alpha value is -1.51. The van der Waals surface area contributed by atoms with Gasteiger partial charge in [-0.05, 0) is 49.1 Å². The van der Waals surface area contributed by atoms with Crippen LogP contribution in [-0.4, -0.2) is 19.6 Å². The van der Waals surface area contributed by atoms with Crippen LogP contribution in [0.5, 0.6) is 5.75 Å². The summed E-state index contributed by atoms with van der Waals surface area (Å²) in [7, 11) is 1.69. The Kier molecular flexibility index (Phi) is 3.95. The zero-order valence-electron chi connectivity index (χ0n) is 12.1. The summed E-state index contributed by atoms with van der Waals surface area (Å²) in [4.78, 5) is 12.2. The van der Waals surface area contributed by atoms with Crippen LogP contribution in [-0.2, 0) is 11.2 Å². The first-order valence-electron chi connectivity index (χ1n) is 7.67. The van der Waals surface area contributed by atoms with E-state index in [4.69, 9.17) is 4.74 Å². The molecule has 1 N–H and O–H groups in total. The van der Waals surface area contributed by atoms with Gasteiger partial charge in [-0.1, -0.05) is 24.6 Å². The summed E-state index contributed by atoms with van der Waals surface area (Å²) >= 11 is 0. The molecule has 2 saturated carbocycles. The van der Waals surface area contributed by atoms with Gasteiger partial charge in [-0.3, -0.25) is 4.79 Å². The average Bonchev–Trinajstić information content (AvgIpc) is 3.10. The van der Waals surface area contributed by atoms with Crippen molar-refractivity contribution in [3.63, 3.8) is 0 Å². The lowest BCUT2D eigenvalue weighted by atomic mass is 9.88. The number of rotatable bonds is 5. The van der Waals surface area contributed by atoms with Crippen molar-refractivity contribution in [2.75, 3.05) is 13.7 Å². The molecule has 0 saturated heterocycles. The van der Waals surface area contributed by atoms with Gasteiger partial charge in [-0.25, -0.2) is 0 Å². The lowest BCUT2D eigenvalue weighted by Crippen LogP contribution is -2.34. The first-order valence-corrected chi connectivity index (χ1v) is 7.67. The van der Waals surface area contributed by atoms with Crippen LogP contribution in [0.25, 0.3) is 0 Å². The number of carbonyl (C=O) groups is 1. The fourth-order valence-electron chi connectivity index (χ4n) is 3.93. The van der Waals surface area contributed by atoms with E-state index in [9.17, 15) is 4.79 Å².